The molecule has 0 bridgehead atoms. The summed E-state index contributed by atoms with van der Waals surface area (Å²) in [4.78, 5) is 43.2. The minimum absolute atomic E-state index is 0.0260. The van der Waals surface area contributed by atoms with Gasteiger partial charge in [-0.1, -0.05) is 58.0 Å². The van der Waals surface area contributed by atoms with Crippen LogP contribution in [-0.4, -0.2) is 68.6 Å². The number of carbonyl (C=O) groups is 3. The Kier molecular flexibility index (Phi) is 15.3. The van der Waals surface area contributed by atoms with Gasteiger partial charge in [-0.05, 0) is 49.5 Å². The number of nitrogens with one attached hydrogen (secondary N) is 3. The Morgan fingerprint density at radius 1 is 0.878 bits per heavy atom. The highest BCUT2D eigenvalue weighted by Crippen LogP contribution is 2.11. The van der Waals surface area contributed by atoms with Crippen molar-refractivity contribution in [2.45, 2.75) is 84.0 Å². The van der Waals surface area contributed by atoms with Gasteiger partial charge >= 0.3 is 10.2 Å². The maximum atomic E-state index is 13.5. The van der Waals surface area contributed by atoms with Gasteiger partial charge in [0.2, 0.25) is 17.7 Å². The van der Waals surface area contributed by atoms with Crippen molar-refractivity contribution in [1.29, 1.82) is 0 Å². The van der Waals surface area contributed by atoms with Crippen LogP contribution in [0.4, 0.5) is 3.89 Å². The summed E-state index contributed by atoms with van der Waals surface area (Å²) in [5, 5.41) is 7.95. The van der Waals surface area contributed by atoms with Crippen molar-refractivity contribution in [2.75, 3.05) is 12.3 Å². The molecule has 0 unspecified atom stereocenters. The molecule has 0 fully saturated rings. The van der Waals surface area contributed by atoms with E-state index in [9.17, 15) is 26.7 Å². The van der Waals surface area contributed by atoms with Crippen LogP contribution in [0.5, 0.6) is 0 Å². The molecule has 1 aromatic rings. The summed E-state index contributed by atoms with van der Waals surface area (Å²) >= 11 is 0. The van der Waals surface area contributed by atoms with E-state index in [1.165, 1.54) is 0 Å². The van der Waals surface area contributed by atoms with Gasteiger partial charge < -0.3 is 33.2 Å². The van der Waals surface area contributed by atoms with E-state index >= 15 is 0 Å². The van der Waals surface area contributed by atoms with Gasteiger partial charge in [0.25, 0.3) is 0 Å². The van der Waals surface area contributed by atoms with Gasteiger partial charge in [-0.2, -0.15) is 8.42 Å². The molecule has 4 atom stereocenters. The van der Waals surface area contributed by atoms with Crippen LogP contribution in [0.1, 0.15) is 58.9 Å². The fourth-order valence-electron chi connectivity index (χ4n) is 4.20. The van der Waals surface area contributed by atoms with Crippen LogP contribution in [-0.2, 0) is 31.0 Å². The van der Waals surface area contributed by atoms with E-state index in [0.29, 0.717) is 6.42 Å². The van der Waals surface area contributed by atoms with Crippen LogP contribution in [0.15, 0.2) is 35.3 Å². The predicted octanol–water partition coefficient (Wildman–Crippen LogP) is 0.456. The Labute approximate surface area is 242 Å². The Morgan fingerprint density at radius 2 is 1.39 bits per heavy atom. The molecule has 0 saturated heterocycles. The Bertz CT molecular complexity index is 1110. The average molecular weight is 600 g/mol. The first kappa shape index (κ1) is 35.8. The summed E-state index contributed by atoms with van der Waals surface area (Å²) in [6.45, 7) is 7.64. The first-order valence-corrected chi connectivity index (χ1v) is 15.3. The number of hydrogen-bond donors (Lipinski definition) is 6. The third-order valence-corrected chi connectivity index (χ3v) is 6.87. The fourth-order valence-corrected chi connectivity index (χ4v) is 4.93. The van der Waals surface area contributed by atoms with E-state index in [2.05, 4.69) is 20.9 Å². The predicted molar refractivity (Wildman–Crippen MR) is 158 cm³/mol. The summed E-state index contributed by atoms with van der Waals surface area (Å²) in [5.41, 5.74) is 17.6. The summed E-state index contributed by atoms with van der Waals surface area (Å²) in [6, 6.07) is 5.25. The molecular weight excluding hydrogens is 553 g/mol. The first-order valence-electron chi connectivity index (χ1n) is 13.8. The van der Waals surface area contributed by atoms with Crippen LogP contribution in [0.3, 0.4) is 0 Å². The Hall–Kier alpha value is -3.26. The number of benzene rings is 1. The number of nitrogens with zero attached hydrogens (tertiary/aromatic N) is 1. The van der Waals surface area contributed by atoms with Gasteiger partial charge in [0.15, 0.2) is 5.96 Å². The number of guanidine groups is 1. The number of carbonyl (C=O) groups excluding carboxylic acids is 3. The maximum absolute atomic E-state index is 13.5. The highest BCUT2D eigenvalue weighted by atomic mass is 32.3. The zero-order chi connectivity index (χ0) is 31.2. The van der Waals surface area contributed by atoms with Crippen molar-refractivity contribution in [3.8, 4) is 0 Å². The molecule has 0 aliphatic heterocycles. The van der Waals surface area contributed by atoms with Crippen LogP contribution < -0.4 is 33.2 Å². The molecular formula is C27H46FN7O5S. The van der Waals surface area contributed by atoms with Crippen LogP contribution in [0.2, 0.25) is 0 Å². The second kappa shape index (κ2) is 17.5. The average Bonchev–Trinajstić information content (AvgIpc) is 2.84. The lowest BCUT2D eigenvalue weighted by atomic mass is 9.99. The van der Waals surface area contributed by atoms with E-state index in [1.807, 2.05) is 58.0 Å². The van der Waals surface area contributed by atoms with Crippen molar-refractivity contribution < 1.29 is 26.7 Å². The van der Waals surface area contributed by atoms with Crippen molar-refractivity contribution in [1.82, 2.24) is 16.0 Å². The van der Waals surface area contributed by atoms with E-state index in [0.717, 1.165) is 5.56 Å². The standard InChI is InChI=1S/C27H46FN7O5S/c1-17(2)13-22(25(37)33-20(16-41(28,39)40)11-8-12-32-27(30)31)35-26(38)23(14-18(3)4)34-24(36)21(29)15-19-9-6-5-7-10-19/h5-7,9-10,17-18,20-23H,8,11-16,29H2,1-4H3,(H,33,37)(H,34,36)(H,35,38)(H4,30,31,32)/t20-,21-,22-,23-/m0/s1. The van der Waals surface area contributed by atoms with E-state index in [4.69, 9.17) is 17.2 Å². The third-order valence-electron chi connectivity index (χ3n) is 6.07. The molecule has 232 valence electrons. The smallest absolute Gasteiger partial charge is 0.304 e. The number of nitrogens with two attached hydrogens (primary N) is 3. The quantitative estimate of drug-likeness (QED) is 0.0602. The topological polar surface area (TPSA) is 212 Å². The maximum Gasteiger partial charge on any atom is 0.304 e. The number of aliphatic imine (C=N–C) groups is 1. The minimum Gasteiger partial charge on any atom is -0.370 e. The van der Waals surface area contributed by atoms with E-state index in [-0.39, 0.29) is 50.0 Å². The van der Waals surface area contributed by atoms with Crippen molar-refractivity contribution in [2.24, 2.45) is 34.0 Å². The number of hydrogen-bond acceptors (Lipinski definition) is 7. The Morgan fingerprint density at radius 3 is 1.88 bits per heavy atom. The zero-order valence-corrected chi connectivity index (χ0v) is 25.1. The second-order valence-electron chi connectivity index (χ2n) is 11.0. The molecule has 1 aromatic carbocycles. The Balaban J connectivity index is 3.01. The van der Waals surface area contributed by atoms with Gasteiger partial charge in [-0.25, -0.2) is 0 Å². The first-order chi connectivity index (χ1) is 19.1. The molecule has 14 heteroatoms. The van der Waals surface area contributed by atoms with Crippen LogP contribution >= 0.6 is 0 Å². The van der Waals surface area contributed by atoms with Crippen molar-refractivity contribution >= 4 is 33.9 Å². The molecule has 12 nitrogen and oxygen atoms in total. The zero-order valence-electron chi connectivity index (χ0n) is 24.3. The van der Waals surface area contributed by atoms with Crippen molar-refractivity contribution in [3.63, 3.8) is 0 Å². The molecule has 0 aromatic heterocycles. The number of amides is 3. The lowest BCUT2D eigenvalue weighted by molar-refractivity contribution is -0.133. The van der Waals surface area contributed by atoms with Crippen molar-refractivity contribution in [3.05, 3.63) is 35.9 Å². The highest BCUT2D eigenvalue weighted by Gasteiger charge is 2.31. The normalized spacial score (nSPS) is 14.5. The molecule has 0 aliphatic carbocycles. The summed E-state index contributed by atoms with van der Waals surface area (Å²) < 4.78 is 36.2. The molecule has 0 aliphatic rings. The lowest BCUT2D eigenvalue weighted by Gasteiger charge is -2.27. The summed E-state index contributed by atoms with van der Waals surface area (Å²) in [6.07, 6.45) is 1.16. The van der Waals surface area contributed by atoms with Crippen LogP contribution in [0, 0.1) is 11.8 Å². The number of halogens is 1. The summed E-state index contributed by atoms with van der Waals surface area (Å²) in [5.74, 6) is -2.85. The van der Waals surface area contributed by atoms with Gasteiger partial charge in [0.1, 0.15) is 17.8 Å². The molecule has 0 radical (unpaired) electrons. The molecule has 3 amide bonds. The molecule has 0 spiro atoms. The fraction of sp³-hybridized carbons (Fsp3) is 0.630. The molecule has 41 heavy (non-hydrogen) atoms. The third kappa shape index (κ3) is 15.9. The molecule has 0 heterocycles. The minimum atomic E-state index is -4.91. The van der Waals surface area contributed by atoms with Gasteiger partial charge in [0.05, 0.1) is 6.04 Å². The highest BCUT2D eigenvalue weighted by molar-refractivity contribution is 7.86. The number of rotatable bonds is 18. The van der Waals surface area contributed by atoms with Gasteiger partial charge in [-0.3, -0.25) is 19.4 Å². The molecule has 9 N–H and O–H groups in total. The largest absolute Gasteiger partial charge is 0.370 e. The second-order valence-corrected chi connectivity index (χ2v) is 12.4. The van der Waals surface area contributed by atoms with Gasteiger partial charge in [-0.15, -0.1) is 3.89 Å². The molecule has 1 rings (SSSR count). The van der Waals surface area contributed by atoms with Gasteiger partial charge in [0, 0.05) is 12.6 Å². The van der Waals surface area contributed by atoms with E-state index < -0.39 is 57.9 Å². The summed E-state index contributed by atoms with van der Waals surface area (Å²) in [7, 11) is -4.91. The van der Waals surface area contributed by atoms with E-state index in [1.54, 1.807) is 0 Å². The lowest BCUT2D eigenvalue weighted by Crippen LogP contribution is -2.57. The molecule has 0 saturated carbocycles. The van der Waals surface area contributed by atoms with Crippen LogP contribution in [0.25, 0.3) is 0 Å². The SMILES string of the molecule is CC(C)C[C@H](NC(=O)[C@H](CC(C)C)NC(=O)[C@@H](N)Cc1ccccc1)C(=O)N[C@@H](CCCN=C(N)N)CS(=O)(=O)F. The monoisotopic (exact) mass is 599 g/mol.